The Bertz CT molecular complexity index is 1800. The van der Waals surface area contributed by atoms with Crippen molar-refractivity contribution >= 4 is 34.2 Å². The van der Waals surface area contributed by atoms with Gasteiger partial charge < -0.3 is 19.3 Å². The van der Waals surface area contributed by atoms with Crippen molar-refractivity contribution in [3.63, 3.8) is 0 Å². The summed E-state index contributed by atoms with van der Waals surface area (Å²) in [6, 6.07) is 15.6. The summed E-state index contributed by atoms with van der Waals surface area (Å²) in [6.45, 7) is 5.93. The number of carbonyl (C=O) groups excluding carboxylic acids is 1. The Hall–Kier alpha value is -4.37. The number of fused-ring (bicyclic) bond motifs is 2. The van der Waals surface area contributed by atoms with Gasteiger partial charge in [0.25, 0.3) is 5.56 Å². The van der Waals surface area contributed by atoms with Crippen LogP contribution in [-0.4, -0.2) is 36.0 Å². The summed E-state index contributed by atoms with van der Waals surface area (Å²) in [7, 11) is 1.55. The van der Waals surface area contributed by atoms with Crippen molar-refractivity contribution in [1.29, 1.82) is 0 Å². The number of ether oxygens (including phenoxy) is 3. The second kappa shape index (κ2) is 10.8. The monoisotopic (exact) mass is 544 g/mol. The van der Waals surface area contributed by atoms with Gasteiger partial charge in [0.05, 0.1) is 42.2 Å². The van der Waals surface area contributed by atoms with E-state index in [4.69, 9.17) is 14.2 Å². The number of phenolic OH excluding ortho intramolecular Hbond substituents is 1. The number of nitrogens with zero attached hydrogens (tertiary/aromatic N) is 2. The Morgan fingerprint density at radius 3 is 2.64 bits per heavy atom. The largest absolute Gasteiger partial charge is 0.507 e. The fourth-order valence-corrected chi connectivity index (χ4v) is 5.83. The second-order valence-electron chi connectivity index (χ2n) is 8.87. The van der Waals surface area contributed by atoms with Gasteiger partial charge in [0, 0.05) is 5.56 Å². The molecule has 1 atom stereocenters. The van der Waals surface area contributed by atoms with E-state index in [0.717, 1.165) is 10.8 Å². The van der Waals surface area contributed by atoms with Gasteiger partial charge in [-0.1, -0.05) is 47.7 Å². The molecule has 0 saturated heterocycles. The highest BCUT2D eigenvalue weighted by molar-refractivity contribution is 7.07. The molecule has 0 amide bonds. The number of aromatic nitrogens is 1. The Balaban J connectivity index is 1.77. The number of rotatable bonds is 7. The first-order chi connectivity index (χ1) is 18.9. The number of carbonyl (C=O) groups is 1. The fraction of sp³-hybridized carbons (Fsp3) is 0.233. The smallest absolute Gasteiger partial charge is 0.338 e. The van der Waals surface area contributed by atoms with E-state index in [-0.39, 0.29) is 23.5 Å². The number of hydrogen-bond acceptors (Lipinski definition) is 8. The molecule has 1 N–H and O–H groups in total. The number of esters is 1. The first-order valence-corrected chi connectivity index (χ1v) is 13.4. The average Bonchev–Trinajstić information content (AvgIpc) is 3.23. The second-order valence-corrected chi connectivity index (χ2v) is 9.87. The highest BCUT2D eigenvalue weighted by Crippen LogP contribution is 2.36. The van der Waals surface area contributed by atoms with E-state index in [9.17, 15) is 14.7 Å². The number of hydrogen-bond donors (Lipinski definition) is 1. The van der Waals surface area contributed by atoms with Crippen molar-refractivity contribution in [2.45, 2.75) is 26.8 Å². The predicted molar refractivity (Wildman–Crippen MR) is 150 cm³/mol. The molecule has 0 aliphatic carbocycles. The van der Waals surface area contributed by atoms with E-state index < -0.39 is 12.0 Å². The number of methoxy groups -OCH3 is 1. The van der Waals surface area contributed by atoms with E-state index in [0.29, 0.717) is 44.3 Å². The minimum absolute atomic E-state index is 0.0657. The van der Waals surface area contributed by atoms with Gasteiger partial charge in [-0.25, -0.2) is 9.79 Å². The van der Waals surface area contributed by atoms with Crippen molar-refractivity contribution in [3.05, 3.63) is 96.7 Å². The molecule has 39 heavy (non-hydrogen) atoms. The molecular weight excluding hydrogens is 516 g/mol. The molecule has 0 unspecified atom stereocenters. The molecule has 8 nitrogen and oxygen atoms in total. The number of phenols is 1. The van der Waals surface area contributed by atoms with Crippen LogP contribution in [0.3, 0.4) is 0 Å². The van der Waals surface area contributed by atoms with Crippen LogP contribution in [0.25, 0.3) is 16.8 Å². The molecule has 0 spiro atoms. The minimum Gasteiger partial charge on any atom is -0.507 e. The minimum atomic E-state index is -0.798. The molecule has 2 heterocycles. The third kappa shape index (κ3) is 4.70. The predicted octanol–water partition coefficient (Wildman–Crippen LogP) is 4.06. The molecule has 0 bridgehead atoms. The summed E-state index contributed by atoms with van der Waals surface area (Å²) >= 11 is 1.20. The third-order valence-electron chi connectivity index (χ3n) is 6.54. The van der Waals surface area contributed by atoms with E-state index >= 15 is 0 Å². The highest BCUT2D eigenvalue weighted by Gasteiger charge is 2.34. The molecule has 200 valence electrons. The van der Waals surface area contributed by atoms with Gasteiger partial charge in [0.2, 0.25) is 0 Å². The molecule has 3 aromatic carbocycles. The van der Waals surface area contributed by atoms with Gasteiger partial charge >= 0.3 is 5.97 Å². The van der Waals surface area contributed by atoms with E-state index in [2.05, 4.69) is 4.99 Å². The molecule has 5 rings (SSSR count). The summed E-state index contributed by atoms with van der Waals surface area (Å²) in [6.07, 6.45) is 1.68. The zero-order chi connectivity index (χ0) is 27.7. The summed E-state index contributed by atoms with van der Waals surface area (Å²) < 4.78 is 18.5. The van der Waals surface area contributed by atoms with E-state index in [1.54, 1.807) is 51.3 Å². The lowest BCUT2D eigenvalue weighted by Crippen LogP contribution is -2.40. The third-order valence-corrected chi connectivity index (χ3v) is 7.53. The number of aromatic hydroxyl groups is 1. The lowest BCUT2D eigenvalue weighted by molar-refractivity contribution is -0.139. The maximum Gasteiger partial charge on any atom is 0.338 e. The maximum atomic E-state index is 14.0. The molecule has 4 aromatic rings. The highest BCUT2D eigenvalue weighted by atomic mass is 32.1. The van der Waals surface area contributed by atoms with Gasteiger partial charge in [0.1, 0.15) is 5.75 Å². The average molecular weight is 545 g/mol. The summed E-state index contributed by atoms with van der Waals surface area (Å²) in [5.74, 6) is 0.561. The van der Waals surface area contributed by atoms with Crippen LogP contribution in [0.4, 0.5) is 0 Å². The standard InChI is InChI=1S/C30H28N2O6S/c1-5-37-24-15-19(12-14-23(24)36-4)27-26(29(35)38-6-2)17(3)31-30-32(27)28(34)25(39-30)16-21-20-10-8-7-9-18(20)11-13-22(21)33/h7-16,27,33H,5-6H2,1-4H3/b25-16-/t27-/m0/s1. The van der Waals surface area contributed by atoms with Crippen molar-refractivity contribution in [2.24, 2.45) is 4.99 Å². The Morgan fingerprint density at radius 2 is 1.90 bits per heavy atom. The van der Waals surface area contributed by atoms with E-state index in [1.807, 2.05) is 37.3 Å². The van der Waals surface area contributed by atoms with Crippen molar-refractivity contribution in [3.8, 4) is 17.2 Å². The van der Waals surface area contributed by atoms with Crippen LogP contribution in [0.2, 0.25) is 0 Å². The lowest BCUT2D eigenvalue weighted by atomic mass is 9.95. The topological polar surface area (TPSA) is 99.4 Å². The Morgan fingerprint density at radius 1 is 1.10 bits per heavy atom. The van der Waals surface area contributed by atoms with Crippen molar-refractivity contribution in [1.82, 2.24) is 4.57 Å². The fourth-order valence-electron chi connectivity index (χ4n) is 4.81. The summed E-state index contributed by atoms with van der Waals surface area (Å²) in [4.78, 5) is 32.2. The van der Waals surface area contributed by atoms with Crippen LogP contribution in [0.1, 0.15) is 37.9 Å². The quantitative estimate of drug-likeness (QED) is 0.352. The zero-order valence-electron chi connectivity index (χ0n) is 22.1. The zero-order valence-corrected chi connectivity index (χ0v) is 22.9. The first kappa shape index (κ1) is 26.2. The van der Waals surface area contributed by atoms with Gasteiger partial charge in [-0.15, -0.1) is 0 Å². The van der Waals surface area contributed by atoms with Crippen LogP contribution < -0.4 is 24.4 Å². The van der Waals surface area contributed by atoms with Gasteiger partial charge in [-0.2, -0.15) is 0 Å². The van der Waals surface area contributed by atoms with Gasteiger partial charge in [0.15, 0.2) is 16.3 Å². The number of thiazole rings is 1. The van der Waals surface area contributed by atoms with E-state index in [1.165, 1.54) is 15.9 Å². The van der Waals surface area contributed by atoms with Crippen LogP contribution in [0, 0.1) is 0 Å². The molecule has 1 aromatic heterocycles. The Labute approximate surface area is 228 Å². The van der Waals surface area contributed by atoms with Crippen LogP contribution in [-0.2, 0) is 9.53 Å². The lowest BCUT2D eigenvalue weighted by Gasteiger charge is -2.25. The molecule has 1 aliphatic rings. The van der Waals surface area contributed by atoms with Crippen LogP contribution >= 0.6 is 11.3 Å². The van der Waals surface area contributed by atoms with Crippen molar-refractivity contribution in [2.75, 3.05) is 20.3 Å². The summed E-state index contributed by atoms with van der Waals surface area (Å²) in [5, 5.41) is 12.4. The van der Waals surface area contributed by atoms with Crippen LogP contribution in [0.5, 0.6) is 17.2 Å². The first-order valence-electron chi connectivity index (χ1n) is 12.6. The number of allylic oxidation sites excluding steroid dienone is 1. The Kier molecular flexibility index (Phi) is 7.26. The number of benzene rings is 3. The normalized spacial score (nSPS) is 15.2. The van der Waals surface area contributed by atoms with Gasteiger partial charge in [-0.3, -0.25) is 9.36 Å². The molecule has 0 saturated carbocycles. The maximum absolute atomic E-state index is 14.0. The SMILES string of the molecule is CCOC(=O)C1=C(C)N=c2s/c(=C\c3c(O)ccc4ccccc34)c(=O)n2[C@H]1c1ccc(OC)c(OCC)c1. The van der Waals surface area contributed by atoms with Crippen LogP contribution in [0.15, 0.2) is 75.7 Å². The molecule has 0 radical (unpaired) electrons. The summed E-state index contributed by atoms with van der Waals surface area (Å²) in [5.41, 5.74) is 1.60. The molecule has 0 fully saturated rings. The molecule has 1 aliphatic heterocycles. The van der Waals surface area contributed by atoms with Gasteiger partial charge in [-0.05, 0) is 61.4 Å². The van der Waals surface area contributed by atoms with Crippen molar-refractivity contribution < 1.29 is 24.1 Å². The molecular formula is C30H28N2O6S. The molecule has 9 heteroatoms.